The van der Waals surface area contributed by atoms with Crippen LogP contribution in [0.4, 0.5) is 16.5 Å². The van der Waals surface area contributed by atoms with Crippen molar-refractivity contribution in [3.05, 3.63) is 24.0 Å². The quantitative estimate of drug-likeness (QED) is 0.379. The molecule has 2 N–H and O–H groups in total. The average molecular weight is 497 g/mol. The predicted octanol–water partition coefficient (Wildman–Crippen LogP) is 0.986. The molecular formula is C19H24N6O6S2. The maximum absolute atomic E-state index is 13.3. The van der Waals surface area contributed by atoms with Gasteiger partial charge < -0.3 is 19.6 Å². The van der Waals surface area contributed by atoms with Gasteiger partial charge in [-0.15, -0.1) is 0 Å². The lowest BCUT2D eigenvalue weighted by Crippen LogP contribution is -2.47. The molecule has 178 valence electrons. The van der Waals surface area contributed by atoms with Crippen molar-refractivity contribution in [2.45, 2.75) is 32.3 Å². The number of anilines is 3. The van der Waals surface area contributed by atoms with E-state index >= 15 is 0 Å². The first-order valence-corrected chi connectivity index (χ1v) is 12.3. The van der Waals surface area contributed by atoms with Gasteiger partial charge in [0.05, 0.1) is 17.1 Å². The average Bonchev–Trinajstić information content (AvgIpc) is 3.24. The van der Waals surface area contributed by atoms with Crippen LogP contribution in [0.25, 0.3) is 0 Å². The monoisotopic (exact) mass is 496 g/mol. The molecule has 33 heavy (non-hydrogen) atoms. The molecule has 0 aliphatic carbocycles. The van der Waals surface area contributed by atoms with E-state index in [2.05, 4.69) is 19.9 Å². The molecule has 1 aromatic heterocycles. The number of carbonyl (C=O) groups is 2. The molecule has 2 heterocycles. The number of sulfone groups is 1. The smallest absolute Gasteiger partial charge is 0.302 e. The Kier molecular flexibility index (Phi) is 7.61. The molecule has 0 fully saturated rings. The summed E-state index contributed by atoms with van der Waals surface area (Å²) in [5.74, 6) is -1.25. The number of hydrogen-bond acceptors (Lipinski definition) is 12. The van der Waals surface area contributed by atoms with Crippen LogP contribution in [0.5, 0.6) is 0 Å². The number of carbonyl (C=O) groups excluding carboxylic acids is 2. The molecule has 0 spiro atoms. The number of hydrogen-bond donors (Lipinski definition) is 2. The highest BCUT2D eigenvalue weighted by Gasteiger charge is 2.42. The summed E-state index contributed by atoms with van der Waals surface area (Å²) in [6, 6.07) is 4.74. The Balaban J connectivity index is 2.05. The first-order chi connectivity index (χ1) is 15.7. The number of hydrazone groups is 1. The van der Waals surface area contributed by atoms with E-state index in [0.29, 0.717) is 13.1 Å². The number of nitrogens with one attached hydrogen (secondary N) is 1. The standard InChI is InChI=1S/C19H24N6O6S2/c1-4-24(5-2)13-6-7-15-14(10-13)25(8-9-31-12(3)27)18(28)17(33(15,29)30)21-22-19-20-16(11-26)23-32-19/h6-7,10,26H,4-5,8-9,11H2,1-3H3,(H,20,22,23). The summed E-state index contributed by atoms with van der Waals surface area (Å²) in [6.07, 6.45) is 0. The van der Waals surface area contributed by atoms with Gasteiger partial charge in [-0.3, -0.25) is 9.59 Å². The normalized spacial score (nSPS) is 15.9. The van der Waals surface area contributed by atoms with Crippen LogP contribution in [-0.4, -0.2) is 66.0 Å². The lowest BCUT2D eigenvalue weighted by Gasteiger charge is -2.31. The lowest BCUT2D eigenvalue weighted by atomic mass is 10.2. The number of ether oxygens (including phenoxy) is 1. The van der Waals surface area contributed by atoms with E-state index in [0.717, 1.165) is 17.2 Å². The van der Waals surface area contributed by atoms with Gasteiger partial charge in [-0.2, -0.15) is 14.5 Å². The third kappa shape index (κ3) is 5.12. The third-order valence-electron chi connectivity index (χ3n) is 4.82. The van der Waals surface area contributed by atoms with Crippen molar-refractivity contribution in [1.82, 2.24) is 9.36 Å². The fraction of sp³-hybridized carbons (Fsp3) is 0.421. The van der Waals surface area contributed by atoms with Crippen molar-refractivity contribution in [2.75, 3.05) is 41.5 Å². The SMILES string of the molecule is CCN(CC)c1ccc2c(c1)N(CCOC(C)=O)C(=O)C(=NNc1nc(CO)ns1)S2(=O)=O. The summed E-state index contributed by atoms with van der Waals surface area (Å²) in [5.41, 5.74) is 3.37. The molecule has 1 aliphatic rings. The van der Waals surface area contributed by atoms with E-state index in [9.17, 15) is 18.0 Å². The second-order valence-corrected chi connectivity index (χ2v) is 9.41. The van der Waals surface area contributed by atoms with Crippen molar-refractivity contribution in [2.24, 2.45) is 5.10 Å². The topological polar surface area (TPSA) is 154 Å². The largest absolute Gasteiger partial charge is 0.464 e. The first kappa shape index (κ1) is 24.5. The Morgan fingerprint density at radius 1 is 1.33 bits per heavy atom. The van der Waals surface area contributed by atoms with Gasteiger partial charge in [0.25, 0.3) is 5.91 Å². The highest BCUT2D eigenvalue weighted by Crippen LogP contribution is 2.36. The minimum atomic E-state index is -4.25. The molecular weight excluding hydrogens is 472 g/mol. The molecule has 2 aromatic rings. The van der Waals surface area contributed by atoms with E-state index in [1.165, 1.54) is 17.9 Å². The van der Waals surface area contributed by atoms with Gasteiger partial charge in [0.1, 0.15) is 13.2 Å². The summed E-state index contributed by atoms with van der Waals surface area (Å²) in [6.45, 7) is 6.00. The number of nitrogens with zero attached hydrogens (tertiary/aromatic N) is 5. The highest BCUT2D eigenvalue weighted by molar-refractivity contribution is 8.08. The van der Waals surface area contributed by atoms with Crippen LogP contribution in [0, 0.1) is 0 Å². The zero-order valence-corrected chi connectivity index (χ0v) is 19.9. The Labute approximate surface area is 195 Å². The summed E-state index contributed by atoms with van der Waals surface area (Å²) < 4.78 is 35.3. The van der Waals surface area contributed by atoms with Crippen LogP contribution in [0.3, 0.4) is 0 Å². The maximum Gasteiger partial charge on any atom is 0.302 e. The number of amides is 1. The van der Waals surface area contributed by atoms with Gasteiger partial charge in [0.2, 0.25) is 20.0 Å². The van der Waals surface area contributed by atoms with E-state index in [4.69, 9.17) is 9.84 Å². The van der Waals surface area contributed by atoms with Crippen molar-refractivity contribution < 1.29 is 27.9 Å². The summed E-state index contributed by atoms with van der Waals surface area (Å²) in [4.78, 5) is 31.5. The van der Waals surface area contributed by atoms with Crippen LogP contribution in [0.15, 0.2) is 28.2 Å². The molecule has 0 unspecified atom stereocenters. The summed E-state index contributed by atoms with van der Waals surface area (Å²) >= 11 is 0.856. The third-order valence-corrected chi connectivity index (χ3v) is 7.17. The molecule has 1 amide bonds. The number of fused-ring (bicyclic) bond motifs is 1. The minimum absolute atomic E-state index is 0.0604. The number of aliphatic hydroxyl groups is 1. The molecule has 0 saturated carbocycles. The molecule has 0 saturated heterocycles. The number of aromatic nitrogens is 2. The van der Waals surface area contributed by atoms with Crippen molar-refractivity contribution in [1.29, 1.82) is 0 Å². The van der Waals surface area contributed by atoms with Gasteiger partial charge >= 0.3 is 5.97 Å². The van der Waals surface area contributed by atoms with Crippen LogP contribution >= 0.6 is 11.5 Å². The van der Waals surface area contributed by atoms with Gasteiger partial charge in [0, 0.05) is 37.2 Å². The van der Waals surface area contributed by atoms with Gasteiger partial charge in [-0.25, -0.2) is 13.8 Å². The molecule has 14 heteroatoms. The summed E-state index contributed by atoms with van der Waals surface area (Å²) in [5, 5.41) is 12.3. The fourth-order valence-electron chi connectivity index (χ4n) is 3.25. The van der Waals surface area contributed by atoms with Crippen molar-refractivity contribution in [3.63, 3.8) is 0 Å². The minimum Gasteiger partial charge on any atom is -0.464 e. The zero-order valence-electron chi connectivity index (χ0n) is 18.3. The molecule has 3 rings (SSSR count). The molecule has 0 atom stereocenters. The number of rotatable bonds is 9. The van der Waals surface area contributed by atoms with Crippen LogP contribution in [0.1, 0.15) is 26.6 Å². The Morgan fingerprint density at radius 3 is 2.67 bits per heavy atom. The van der Waals surface area contributed by atoms with Crippen molar-refractivity contribution >= 4 is 54.8 Å². The maximum atomic E-state index is 13.3. The Morgan fingerprint density at radius 2 is 2.06 bits per heavy atom. The lowest BCUT2D eigenvalue weighted by molar-refractivity contribution is -0.140. The Hall–Kier alpha value is -3.10. The van der Waals surface area contributed by atoms with Crippen LogP contribution < -0.4 is 15.2 Å². The highest BCUT2D eigenvalue weighted by atomic mass is 32.2. The number of benzene rings is 1. The predicted molar refractivity (Wildman–Crippen MR) is 123 cm³/mol. The zero-order chi connectivity index (χ0) is 24.2. The van der Waals surface area contributed by atoms with Crippen LogP contribution in [0.2, 0.25) is 0 Å². The van der Waals surface area contributed by atoms with Gasteiger partial charge in [-0.05, 0) is 32.0 Å². The molecule has 0 radical (unpaired) electrons. The molecule has 12 nitrogen and oxygen atoms in total. The Bertz CT molecular complexity index is 1180. The van der Waals surface area contributed by atoms with Gasteiger partial charge in [0.15, 0.2) is 5.82 Å². The number of aliphatic hydroxyl groups excluding tert-OH is 1. The van der Waals surface area contributed by atoms with Crippen LogP contribution in [-0.2, 0) is 30.8 Å². The molecule has 0 bridgehead atoms. The molecule has 1 aliphatic heterocycles. The van der Waals surface area contributed by atoms with E-state index < -0.39 is 33.4 Å². The molecule has 1 aromatic carbocycles. The van der Waals surface area contributed by atoms with E-state index in [-0.39, 0.29) is 34.7 Å². The van der Waals surface area contributed by atoms with Gasteiger partial charge in [-0.1, -0.05) is 0 Å². The van der Waals surface area contributed by atoms with Crippen molar-refractivity contribution in [3.8, 4) is 0 Å². The second-order valence-electron chi connectivity index (χ2n) is 6.83. The first-order valence-electron chi connectivity index (χ1n) is 10.1. The van der Waals surface area contributed by atoms with E-state index in [1.54, 1.807) is 12.1 Å². The fourth-order valence-corrected chi connectivity index (χ4v) is 5.18. The summed E-state index contributed by atoms with van der Waals surface area (Å²) in [7, 11) is -4.25. The second kappa shape index (κ2) is 10.2. The number of esters is 1. The van der Waals surface area contributed by atoms with E-state index in [1.807, 2.05) is 18.7 Å².